The Hall–Kier alpha value is -5.20. The predicted molar refractivity (Wildman–Crippen MR) is 163 cm³/mol. The lowest BCUT2D eigenvalue weighted by Gasteiger charge is -2.29. The van der Waals surface area contributed by atoms with Gasteiger partial charge in [0.05, 0.1) is 11.9 Å². The van der Waals surface area contributed by atoms with Crippen LogP contribution in [0.5, 0.6) is 0 Å². The summed E-state index contributed by atoms with van der Waals surface area (Å²) in [5.41, 5.74) is 9.40. The number of H-pyrrole nitrogens is 1. The number of nitrogens with one attached hydrogen (secondary N) is 3. The SMILES string of the molecule is C=CC(=O)Nc1cc(-c2c(-c3ccc(N4CCNCC4)cc3)[nH]c3ncc(-c4cnn(C)c4C#N)cc23)ccc1C. The van der Waals surface area contributed by atoms with E-state index in [1.54, 1.807) is 24.1 Å². The lowest BCUT2D eigenvalue weighted by Crippen LogP contribution is -2.43. The van der Waals surface area contributed by atoms with Gasteiger partial charge >= 0.3 is 0 Å². The van der Waals surface area contributed by atoms with Crippen LogP contribution >= 0.6 is 0 Å². The lowest BCUT2D eigenvalue weighted by atomic mass is 9.96. The third-order valence-electron chi connectivity index (χ3n) is 7.61. The molecule has 9 heteroatoms. The molecule has 1 fully saturated rings. The second kappa shape index (κ2) is 10.8. The monoisotopic (exact) mass is 542 g/mol. The maximum Gasteiger partial charge on any atom is 0.247 e. The number of nitrogens with zero attached hydrogens (tertiary/aromatic N) is 5. The number of pyridine rings is 1. The second-order valence-corrected chi connectivity index (χ2v) is 10.1. The van der Waals surface area contributed by atoms with Gasteiger partial charge in [-0.2, -0.15) is 10.4 Å². The van der Waals surface area contributed by atoms with Crippen LogP contribution in [0, 0.1) is 18.3 Å². The van der Waals surface area contributed by atoms with Gasteiger partial charge in [-0.05, 0) is 54.0 Å². The normalized spacial score (nSPS) is 13.2. The van der Waals surface area contributed by atoms with E-state index in [0.29, 0.717) is 11.4 Å². The topological polar surface area (TPSA) is 115 Å². The number of hydrogen-bond donors (Lipinski definition) is 3. The summed E-state index contributed by atoms with van der Waals surface area (Å²) in [7, 11) is 1.75. The number of aromatic amines is 1. The quantitative estimate of drug-likeness (QED) is 0.260. The third-order valence-corrected chi connectivity index (χ3v) is 7.61. The first-order valence-corrected chi connectivity index (χ1v) is 13.5. The Balaban J connectivity index is 1.53. The number of benzene rings is 2. The van der Waals surface area contributed by atoms with Crippen molar-refractivity contribution in [1.82, 2.24) is 25.1 Å². The maximum absolute atomic E-state index is 12.2. The van der Waals surface area contributed by atoms with E-state index in [1.165, 1.54) is 11.8 Å². The van der Waals surface area contributed by atoms with Crippen molar-refractivity contribution in [2.24, 2.45) is 7.05 Å². The third kappa shape index (κ3) is 4.86. The summed E-state index contributed by atoms with van der Waals surface area (Å²) < 4.78 is 1.57. The summed E-state index contributed by atoms with van der Waals surface area (Å²) in [5.74, 6) is -0.266. The Kier molecular flexibility index (Phi) is 6.83. The van der Waals surface area contributed by atoms with Crippen molar-refractivity contribution in [3.63, 3.8) is 0 Å². The molecule has 0 saturated carbocycles. The molecule has 41 heavy (non-hydrogen) atoms. The molecule has 4 heterocycles. The molecule has 0 aliphatic carbocycles. The molecule has 0 bridgehead atoms. The van der Waals surface area contributed by atoms with Gasteiger partial charge in [-0.25, -0.2) is 4.98 Å². The minimum atomic E-state index is -0.266. The van der Waals surface area contributed by atoms with Crippen LogP contribution in [-0.4, -0.2) is 51.8 Å². The number of hydrogen-bond acceptors (Lipinski definition) is 6. The van der Waals surface area contributed by atoms with Crippen molar-refractivity contribution in [1.29, 1.82) is 5.26 Å². The average molecular weight is 543 g/mol. The fourth-order valence-corrected chi connectivity index (χ4v) is 5.37. The summed E-state index contributed by atoms with van der Waals surface area (Å²) in [4.78, 5) is 22.9. The van der Waals surface area contributed by atoms with Crippen LogP contribution in [0.1, 0.15) is 11.3 Å². The standard InChI is InChI=1S/C32H30N8O/c1-4-29(41)37-27-16-22(6-5-20(27)2)30-25-15-23(26-19-36-39(3)28(26)17-33)18-35-32(25)38-31(30)21-7-9-24(10-8-21)40-13-11-34-12-14-40/h4-10,15-16,18-19,34H,1,11-14H2,2-3H3,(H,35,38)(H,37,41). The van der Waals surface area contributed by atoms with Crippen LogP contribution in [0.25, 0.3) is 44.5 Å². The number of carbonyl (C=O) groups is 1. The molecule has 0 unspecified atom stereocenters. The number of nitriles is 1. The van der Waals surface area contributed by atoms with Crippen LogP contribution in [0.2, 0.25) is 0 Å². The van der Waals surface area contributed by atoms with Crippen LogP contribution < -0.4 is 15.5 Å². The predicted octanol–water partition coefficient (Wildman–Crippen LogP) is 5.01. The highest BCUT2D eigenvalue weighted by Crippen LogP contribution is 2.41. The first kappa shape index (κ1) is 26.0. The Bertz CT molecular complexity index is 1820. The van der Waals surface area contributed by atoms with Gasteiger partial charge in [0.2, 0.25) is 5.91 Å². The van der Waals surface area contributed by atoms with Gasteiger partial charge in [-0.15, -0.1) is 0 Å². The van der Waals surface area contributed by atoms with Crippen molar-refractivity contribution in [2.45, 2.75) is 6.92 Å². The van der Waals surface area contributed by atoms with Gasteiger partial charge in [0.15, 0.2) is 0 Å². The molecule has 1 aliphatic heterocycles. The number of rotatable bonds is 6. The molecule has 1 saturated heterocycles. The Morgan fingerprint density at radius 3 is 2.56 bits per heavy atom. The molecule has 1 amide bonds. The van der Waals surface area contributed by atoms with E-state index in [4.69, 9.17) is 4.98 Å². The molecule has 1 aliphatic rings. The lowest BCUT2D eigenvalue weighted by molar-refractivity contribution is -0.111. The molecule has 5 aromatic rings. The molecule has 9 nitrogen and oxygen atoms in total. The molecule has 6 rings (SSSR count). The average Bonchev–Trinajstić information content (AvgIpc) is 3.58. The van der Waals surface area contributed by atoms with Gasteiger partial charge in [0.1, 0.15) is 17.4 Å². The summed E-state index contributed by atoms with van der Waals surface area (Å²) in [6.07, 6.45) is 4.72. The van der Waals surface area contributed by atoms with E-state index in [9.17, 15) is 10.1 Å². The molecular weight excluding hydrogens is 512 g/mol. The highest BCUT2D eigenvalue weighted by molar-refractivity contribution is 6.05. The number of piperazine rings is 1. The largest absolute Gasteiger partial charge is 0.369 e. The van der Waals surface area contributed by atoms with E-state index >= 15 is 0 Å². The Morgan fingerprint density at radius 2 is 1.83 bits per heavy atom. The van der Waals surface area contributed by atoms with Gasteiger partial charge in [-0.1, -0.05) is 30.8 Å². The number of anilines is 2. The zero-order chi connectivity index (χ0) is 28.5. The summed E-state index contributed by atoms with van der Waals surface area (Å²) >= 11 is 0. The summed E-state index contributed by atoms with van der Waals surface area (Å²) in [5, 5.41) is 21.2. The van der Waals surface area contributed by atoms with Crippen molar-refractivity contribution in [2.75, 3.05) is 36.4 Å². The van der Waals surface area contributed by atoms with Crippen LogP contribution in [0.4, 0.5) is 11.4 Å². The zero-order valence-corrected chi connectivity index (χ0v) is 23.0. The minimum absolute atomic E-state index is 0.266. The molecule has 3 N–H and O–H groups in total. The van der Waals surface area contributed by atoms with Crippen molar-refractivity contribution >= 4 is 28.3 Å². The van der Waals surface area contributed by atoms with Gasteiger partial charge in [0, 0.05) is 72.9 Å². The Labute approximate surface area is 238 Å². The number of amides is 1. The van der Waals surface area contributed by atoms with Gasteiger partial charge in [0.25, 0.3) is 0 Å². The molecule has 0 atom stereocenters. The van der Waals surface area contributed by atoms with Gasteiger partial charge in [-0.3, -0.25) is 9.48 Å². The van der Waals surface area contributed by atoms with Crippen LogP contribution in [0.3, 0.4) is 0 Å². The summed E-state index contributed by atoms with van der Waals surface area (Å²) in [6, 6.07) is 18.9. The second-order valence-electron chi connectivity index (χ2n) is 10.1. The molecule has 3 aromatic heterocycles. The van der Waals surface area contributed by atoms with E-state index in [0.717, 1.165) is 76.3 Å². The van der Waals surface area contributed by atoms with E-state index in [2.05, 4.69) is 68.6 Å². The first-order valence-electron chi connectivity index (χ1n) is 13.5. The molecule has 0 spiro atoms. The number of carbonyl (C=O) groups excluding carboxylic acids is 1. The van der Waals surface area contributed by atoms with Crippen molar-refractivity contribution in [3.05, 3.63) is 84.8 Å². The summed E-state index contributed by atoms with van der Waals surface area (Å²) in [6.45, 7) is 9.45. The zero-order valence-electron chi connectivity index (χ0n) is 23.0. The Morgan fingerprint density at radius 1 is 1.07 bits per heavy atom. The number of aryl methyl sites for hydroxylation is 2. The first-order chi connectivity index (χ1) is 20.0. The smallest absolute Gasteiger partial charge is 0.247 e. The molecule has 2 aromatic carbocycles. The molecule has 0 radical (unpaired) electrons. The van der Waals surface area contributed by atoms with E-state index in [-0.39, 0.29) is 5.91 Å². The van der Waals surface area contributed by atoms with Gasteiger partial charge < -0.3 is 20.5 Å². The number of fused-ring (bicyclic) bond motifs is 1. The fraction of sp³-hybridized carbons (Fsp3) is 0.188. The van der Waals surface area contributed by atoms with Crippen LogP contribution in [0.15, 0.2) is 73.6 Å². The van der Waals surface area contributed by atoms with E-state index < -0.39 is 0 Å². The maximum atomic E-state index is 12.2. The van der Waals surface area contributed by atoms with E-state index in [1.807, 2.05) is 25.1 Å². The minimum Gasteiger partial charge on any atom is -0.369 e. The van der Waals surface area contributed by atoms with Crippen molar-refractivity contribution in [3.8, 4) is 39.6 Å². The highest BCUT2D eigenvalue weighted by Gasteiger charge is 2.20. The molecular formula is C32H30N8O. The molecule has 204 valence electrons. The van der Waals surface area contributed by atoms with Crippen molar-refractivity contribution < 1.29 is 4.79 Å². The number of aromatic nitrogens is 4. The highest BCUT2D eigenvalue weighted by atomic mass is 16.1. The van der Waals surface area contributed by atoms with Crippen LogP contribution in [-0.2, 0) is 11.8 Å². The fourth-order valence-electron chi connectivity index (χ4n) is 5.37.